The Labute approximate surface area is 555 Å². The van der Waals surface area contributed by atoms with Crippen molar-refractivity contribution in [3.8, 4) is 0 Å². The molecular formula is C79H147NO10. The quantitative estimate of drug-likeness (QED) is 0.0195. The summed E-state index contributed by atoms with van der Waals surface area (Å²) < 4.78 is 16.7. The van der Waals surface area contributed by atoms with Gasteiger partial charge < -0.3 is 45.1 Å². The minimum absolute atomic E-state index is 0.00144. The second-order valence-corrected chi connectivity index (χ2v) is 27.1. The zero-order valence-electron chi connectivity index (χ0n) is 58.9. The molecule has 11 nitrogen and oxygen atoms in total. The van der Waals surface area contributed by atoms with Crippen LogP contribution in [0.2, 0.25) is 0 Å². The normalized spacial score (nSPS) is 17.9. The monoisotopic (exact) mass is 1270 g/mol. The van der Waals surface area contributed by atoms with Gasteiger partial charge in [-0.2, -0.15) is 0 Å². The molecule has 0 aromatic carbocycles. The standard InChI is InChI=1S/C79H147NO10/c1-3-5-7-9-11-13-15-43-47-51-55-59-63-67-75(84)88-68-64-60-56-52-48-45-42-40-38-36-34-32-30-28-26-24-22-20-18-16-17-19-21-23-25-27-29-31-33-35-37-39-41-44-46-50-54-58-62-66-74(83)80-71(70-89-79-78(87)77(86)76(85)73(69-81)90-79)72(82)65-61-57-53-49-14-12-10-8-6-4-2/h7,9,13,15-17,61,65,71-73,76-79,81-82,85-87H,3-6,8,10-12,14,18-60,62-64,66-70H2,1-2H3,(H,80,83)/b9-7-,15-13-,17-16-,65-61+. The molecule has 7 unspecified atom stereocenters. The maximum absolute atomic E-state index is 13.0. The summed E-state index contributed by atoms with van der Waals surface area (Å²) in [6, 6.07) is -0.806. The third-order valence-electron chi connectivity index (χ3n) is 18.4. The number of rotatable bonds is 69. The molecule has 0 bridgehead atoms. The average molecular weight is 1270 g/mol. The van der Waals surface area contributed by atoms with Crippen LogP contribution >= 0.6 is 0 Å². The SMILES string of the molecule is CCC/C=C\C/C=C\CCCCCCCC(=O)OCCCCCCCCCCCCCCCCCCCC/C=C\CCCCCCCCCCCCCCCCCCCC(=O)NC(COC1OC(CO)C(O)C(O)C1O)C(O)/C=C/CCCCCCCCCC. The Morgan fingerprint density at radius 3 is 1.18 bits per heavy atom. The van der Waals surface area contributed by atoms with Gasteiger partial charge in [-0.15, -0.1) is 0 Å². The van der Waals surface area contributed by atoms with Gasteiger partial charge in [-0.25, -0.2) is 0 Å². The van der Waals surface area contributed by atoms with E-state index in [-0.39, 0.29) is 18.5 Å². The molecule has 0 aromatic rings. The molecule has 0 aliphatic carbocycles. The first-order chi connectivity index (χ1) is 44.2. The van der Waals surface area contributed by atoms with Crippen molar-refractivity contribution in [2.75, 3.05) is 19.8 Å². The van der Waals surface area contributed by atoms with Crippen LogP contribution in [-0.4, -0.2) is 100 Å². The van der Waals surface area contributed by atoms with Crippen molar-refractivity contribution in [3.05, 3.63) is 48.6 Å². The van der Waals surface area contributed by atoms with Crippen LogP contribution in [0.3, 0.4) is 0 Å². The zero-order chi connectivity index (χ0) is 65.1. The van der Waals surface area contributed by atoms with E-state index in [1.807, 2.05) is 6.08 Å². The molecule has 1 aliphatic rings. The van der Waals surface area contributed by atoms with E-state index in [0.29, 0.717) is 19.4 Å². The number of unbranched alkanes of at least 4 members (excludes halogenated alkanes) is 49. The molecule has 1 amide bonds. The fourth-order valence-corrected chi connectivity index (χ4v) is 12.3. The first-order valence-corrected chi connectivity index (χ1v) is 38.9. The molecule has 0 saturated carbocycles. The summed E-state index contributed by atoms with van der Waals surface area (Å²) in [4.78, 5) is 25.1. The maximum Gasteiger partial charge on any atom is 0.305 e. The van der Waals surface area contributed by atoms with Crippen LogP contribution in [0.15, 0.2) is 48.6 Å². The van der Waals surface area contributed by atoms with E-state index in [0.717, 1.165) is 64.2 Å². The van der Waals surface area contributed by atoms with Crippen molar-refractivity contribution >= 4 is 11.9 Å². The van der Waals surface area contributed by atoms with Crippen molar-refractivity contribution in [1.29, 1.82) is 0 Å². The van der Waals surface area contributed by atoms with E-state index < -0.39 is 49.5 Å². The Kier molecular flexibility index (Phi) is 64.7. The highest BCUT2D eigenvalue weighted by atomic mass is 16.7. The molecule has 0 spiro atoms. The summed E-state index contributed by atoms with van der Waals surface area (Å²) in [5.74, 6) is -0.176. The summed E-state index contributed by atoms with van der Waals surface area (Å²) >= 11 is 0. The number of carbonyl (C=O) groups is 2. The lowest BCUT2D eigenvalue weighted by Crippen LogP contribution is -2.60. The number of esters is 1. The Hall–Kier alpha value is -2.38. The minimum Gasteiger partial charge on any atom is -0.466 e. The van der Waals surface area contributed by atoms with Gasteiger partial charge >= 0.3 is 5.97 Å². The molecule has 6 N–H and O–H groups in total. The van der Waals surface area contributed by atoms with Gasteiger partial charge in [-0.1, -0.05) is 332 Å². The van der Waals surface area contributed by atoms with E-state index in [9.17, 15) is 35.1 Å². The number of carbonyl (C=O) groups excluding carboxylic acids is 2. The summed E-state index contributed by atoms with van der Waals surface area (Å²) in [6.07, 6.45) is 80.1. The zero-order valence-corrected chi connectivity index (χ0v) is 58.9. The predicted molar refractivity (Wildman–Crippen MR) is 380 cm³/mol. The number of aliphatic hydroxyl groups is 5. The fraction of sp³-hybridized carbons (Fsp3) is 0.873. The molecule has 1 fully saturated rings. The third kappa shape index (κ3) is 56.0. The average Bonchev–Trinajstić information content (AvgIpc) is 0.993. The third-order valence-corrected chi connectivity index (χ3v) is 18.4. The number of hydrogen-bond acceptors (Lipinski definition) is 10. The molecule has 0 radical (unpaired) electrons. The van der Waals surface area contributed by atoms with Crippen LogP contribution in [0.1, 0.15) is 380 Å². The van der Waals surface area contributed by atoms with Gasteiger partial charge in [0, 0.05) is 12.8 Å². The first kappa shape index (κ1) is 85.6. The fourth-order valence-electron chi connectivity index (χ4n) is 12.3. The van der Waals surface area contributed by atoms with Gasteiger partial charge in [0.15, 0.2) is 6.29 Å². The summed E-state index contributed by atoms with van der Waals surface area (Å²) in [5, 5.41) is 54.4. The van der Waals surface area contributed by atoms with E-state index >= 15 is 0 Å². The predicted octanol–water partition coefficient (Wildman–Crippen LogP) is 20.7. The molecule has 90 heavy (non-hydrogen) atoms. The number of hydrogen-bond donors (Lipinski definition) is 6. The molecule has 1 saturated heterocycles. The van der Waals surface area contributed by atoms with Crippen molar-refractivity contribution in [2.45, 2.75) is 423 Å². The van der Waals surface area contributed by atoms with Gasteiger partial charge in [0.05, 0.1) is 32.0 Å². The minimum atomic E-state index is -1.57. The van der Waals surface area contributed by atoms with Gasteiger partial charge in [0.1, 0.15) is 24.4 Å². The van der Waals surface area contributed by atoms with Crippen LogP contribution in [-0.2, 0) is 23.8 Å². The van der Waals surface area contributed by atoms with Crippen LogP contribution in [0.5, 0.6) is 0 Å². The number of allylic oxidation sites excluding steroid dienone is 7. The lowest BCUT2D eigenvalue weighted by atomic mass is 9.99. The van der Waals surface area contributed by atoms with E-state index in [1.165, 1.54) is 289 Å². The number of nitrogens with one attached hydrogen (secondary N) is 1. The Bertz CT molecular complexity index is 1630. The summed E-state index contributed by atoms with van der Waals surface area (Å²) in [7, 11) is 0. The highest BCUT2D eigenvalue weighted by Gasteiger charge is 2.44. The van der Waals surface area contributed by atoms with Crippen LogP contribution in [0.25, 0.3) is 0 Å². The molecule has 528 valence electrons. The largest absolute Gasteiger partial charge is 0.466 e. The molecule has 7 atom stereocenters. The number of ether oxygens (including phenoxy) is 3. The smallest absolute Gasteiger partial charge is 0.305 e. The maximum atomic E-state index is 13.0. The number of amides is 1. The Morgan fingerprint density at radius 1 is 0.411 bits per heavy atom. The highest BCUT2D eigenvalue weighted by Crippen LogP contribution is 2.24. The Balaban J connectivity index is 1.87. The lowest BCUT2D eigenvalue weighted by Gasteiger charge is -2.40. The van der Waals surface area contributed by atoms with Crippen molar-refractivity contribution in [2.24, 2.45) is 0 Å². The number of aliphatic hydroxyl groups excluding tert-OH is 5. The molecular weight excluding hydrogens is 1120 g/mol. The second kappa shape index (κ2) is 68.0. The Morgan fingerprint density at radius 2 is 0.767 bits per heavy atom. The lowest BCUT2D eigenvalue weighted by molar-refractivity contribution is -0.302. The van der Waals surface area contributed by atoms with E-state index in [2.05, 4.69) is 55.6 Å². The van der Waals surface area contributed by atoms with Gasteiger partial charge in [0.2, 0.25) is 5.91 Å². The molecule has 1 heterocycles. The molecule has 1 aliphatic heterocycles. The van der Waals surface area contributed by atoms with E-state index in [1.54, 1.807) is 6.08 Å². The highest BCUT2D eigenvalue weighted by molar-refractivity contribution is 5.76. The van der Waals surface area contributed by atoms with Crippen molar-refractivity contribution in [3.63, 3.8) is 0 Å². The first-order valence-electron chi connectivity index (χ1n) is 38.9. The van der Waals surface area contributed by atoms with Crippen LogP contribution in [0, 0.1) is 0 Å². The molecule has 11 heteroatoms. The molecule has 0 aromatic heterocycles. The van der Waals surface area contributed by atoms with Gasteiger partial charge in [0.25, 0.3) is 0 Å². The van der Waals surface area contributed by atoms with Crippen LogP contribution in [0.4, 0.5) is 0 Å². The van der Waals surface area contributed by atoms with E-state index in [4.69, 9.17) is 14.2 Å². The second-order valence-electron chi connectivity index (χ2n) is 27.1. The van der Waals surface area contributed by atoms with Gasteiger partial charge in [-0.3, -0.25) is 9.59 Å². The van der Waals surface area contributed by atoms with Crippen LogP contribution < -0.4 is 5.32 Å². The molecule has 1 rings (SSSR count). The van der Waals surface area contributed by atoms with Gasteiger partial charge in [-0.05, 0) is 83.5 Å². The summed E-state index contributed by atoms with van der Waals surface area (Å²) in [5.41, 5.74) is 0. The topological polar surface area (TPSA) is 175 Å². The summed E-state index contributed by atoms with van der Waals surface area (Å²) in [6.45, 7) is 4.30. The van der Waals surface area contributed by atoms with Crippen molar-refractivity contribution < 1.29 is 49.3 Å². The van der Waals surface area contributed by atoms with Crippen molar-refractivity contribution in [1.82, 2.24) is 5.32 Å².